The monoisotopic (exact) mass is 264 g/mol. The number of benzene rings is 1. The van der Waals surface area contributed by atoms with Crippen LogP contribution in [0.5, 0.6) is 0 Å². The second kappa shape index (κ2) is 8.26. The Morgan fingerprint density at radius 2 is 2.00 bits per heavy atom. The first kappa shape index (κ1) is 15.2. The van der Waals surface area contributed by atoms with Crippen molar-refractivity contribution in [2.45, 2.75) is 25.3 Å². The molecule has 0 saturated heterocycles. The molecule has 0 saturated carbocycles. The summed E-state index contributed by atoms with van der Waals surface area (Å²) in [5.41, 5.74) is 6.25. The van der Waals surface area contributed by atoms with Crippen LogP contribution in [0.3, 0.4) is 0 Å². The van der Waals surface area contributed by atoms with E-state index < -0.39 is 0 Å². The van der Waals surface area contributed by atoms with Crippen molar-refractivity contribution in [3.05, 3.63) is 35.9 Å². The minimum Gasteiger partial charge on any atom is -0.469 e. The molecule has 0 aliphatic carbocycles. The maximum absolute atomic E-state index is 11.7. The topological polar surface area (TPSA) is 81.4 Å². The zero-order valence-electron chi connectivity index (χ0n) is 11.1. The van der Waals surface area contributed by atoms with Gasteiger partial charge in [0.2, 0.25) is 5.91 Å². The van der Waals surface area contributed by atoms with Gasteiger partial charge in [0, 0.05) is 6.42 Å². The number of ether oxygens (including phenoxy) is 1. The van der Waals surface area contributed by atoms with E-state index in [2.05, 4.69) is 10.1 Å². The zero-order valence-corrected chi connectivity index (χ0v) is 11.1. The van der Waals surface area contributed by atoms with Crippen LogP contribution >= 0.6 is 0 Å². The molecule has 1 atom stereocenters. The number of rotatable bonds is 7. The largest absolute Gasteiger partial charge is 0.469 e. The van der Waals surface area contributed by atoms with Gasteiger partial charge in [-0.05, 0) is 18.5 Å². The molecule has 0 heterocycles. The maximum atomic E-state index is 11.7. The molecule has 0 bridgehead atoms. The molecule has 0 aliphatic rings. The predicted octanol–water partition coefficient (Wildman–Crippen LogP) is 1.15. The number of nitrogens with one attached hydrogen (secondary N) is 1. The van der Waals surface area contributed by atoms with Crippen molar-refractivity contribution in [1.29, 1.82) is 0 Å². The Balaban J connectivity index is 2.70. The predicted molar refractivity (Wildman–Crippen MR) is 72.2 cm³/mol. The standard InChI is InChI=1S/C14H20N2O3/c1-19-14(18)10-12(11-6-3-2-4-7-11)16-13(17)8-5-9-15/h2-4,6-7,12H,5,8-10,15H2,1H3,(H,16,17). The summed E-state index contributed by atoms with van der Waals surface area (Å²) in [5, 5.41) is 2.84. The molecule has 1 aromatic rings. The molecule has 1 rings (SSSR count). The highest BCUT2D eigenvalue weighted by Gasteiger charge is 2.18. The van der Waals surface area contributed by atoms with Gasteiger partial charge in [0.05, 0.1) is 19.6 Å². The maximum Gasteiger partial charge on any atom is 0.307 e. The van der Waals surface area contributed by atoms with E-state index in [4.69, 9.17) is 5.73 Å². The summed E-state index contributed by atoms with van der Waals surface area (Å²) in [6, 6.07) is 9.00. The third-order valence-corrected chi connectivity index (χ3v) is 2.74. The van der Waals surface area contributed by atoms with Crippen molar-refractivity contribution < 1.29 is 14.3 Å². The Morgan fingerprint density at radius 3 is 2.58 bits per heavy atom. The zero-order chi connectivity index (χ0) is 14.1. The minimum atomic E-state index is -0.362. The quantitative estimate of drug-likeness (QED) is 0.724. The fraction of sp³-hybridized carbons (Fsp3) is 0.429. The molecule has 5 nitrogen and oxygen atoms in total. The first-order valence-electron chi connectivity index (χ1n) is 6.28. The second-order valence-corrected chi connectivity index (χ2v) is 4.20. The van der Waals surface area contributed by atoms with E-state index in [1.54, 1.807) is 0 Å². The highest BCUT2D eigenvalue weighted by molar-refractivity contribution is 5.78. The van der Waals surface area contributed by atoms with E-state index in [0.29, 0.717) is 19.4 Å². The highest BCUT2D eigenvalue weighted by Crippen LogP contribution is 2.17. The van der Waals surface area contributed by atoms with E-state index in [1.807, 2.05) is 30.3 Å². The molecule has 0 fully saturated rings. The van der Waals surface area contributed by atoms with Crippen LogP contribution in [0.25, 0.3) is 0 Å². The van der Waals surface area contributed by atoms with E-state index in [0.717, 1.165) is 5.56 Å². The summed E-state index contributed by atoms with van der Waals surface area (Å²) in [6.07, 6.45) is 1.11. The van der Waals surface area contributed by atoms with Gasteiger partial charge >= 0.3 is 5.97 Å². The number of hydrogen-bond donors (Lipinski definition) is 2. The van der Waals surface area contributed by atoms with Gasteiger partial charge in [-0.25, -0.2) is 0 Å². The van der Waals surface area contributed by atoms with Crippen molar-refractivity contribution in [3.63, 3.8) is 0 Å². The summed E-state index contributed by atoms with van der Waals surface area (Å²) in [4.78, 5) is 23.1. The summed E-state index contributed by atoms with van der Waals surface area (Å²) in [6.45, 7) is 0.473. The number of carbonyl (C=O) groups excluding carboxylic acids is 2. The molecule has 1 unspecified atom stereocenters. The molecular weight excluding hydrogens is 244 g/mol. The van der Waals surface area contributed by atoms with Gasteiger partial charge in [-0.1, -0.05) is 30.3 Å². The van der Waals surface area contributed by atoms with E-state index in [-0.39, 0.29) is 24.3 Å². The highest BCUT2D eigenvalue weighted by atomic mass is 16.5. The van der Waals surface area contributed by atoms with Crippen LogP contribution in [0.15, 0.2) is 30.3 Å². The lowest BCUT2D eigenvalue weighted by atomic mass is 10.0. The Morgan fingerprint density at radius 1 is 1.32 bits per heavy atom. The van der Waals surface area contributed by atoms with Gasteiger partial charge in [-0.3, -0.25) is 9.59 Å². The van der Waals surface area contributed by atoms with Gasteiger partial charge in [0.1, 0.15) is 0 Å². The molecule has 1 amide bonds. The first-order valence-corrected chi connectivity index (χ1v) is 6.28. The summed E-state index contributed by atoms with van der Waals surface area (Å²) in [7, 11) is 1.33. The van der Waals surface area contributed by atoms with Gasteiger partial charge in [-0.2, -0.15) is 0 Å². The van der Waals surface area contributed by atoms with Crippen molar-refractivity contribution >= 4 is 11.9 Å². The van der Waals surface area contributed by atoms with Crippen LogP contribution in [0, 0.1) is 0 Å². The third kappa shape index (κ3) is 5.52. The van der Waals surface area contributed by atoms with E-state index >= 15 is 0 Å². The Kier molecular flexibility index (Phi) is 6.60. The van der Waals surface area contributed by atoms with Gasteiger partial charge in [0.15, 0.2) is 0 Å². The van der Waals surface area contributed by atoms with Crippen LogP contribution < -0.4 is 11.1 Å². The minimum absolute atomic E-state index is 0.108. The second-order valence-electron chi connectivity index (χ2n) is 4.20. The Hall–Kier alpha value is -1.88. The average Bonchev–Trinajstić information content (AvgIpc) is 2.45. The van der Waals surface area contributed by atoms with Crippen molar-refractivity contribution in [3.8, 4) is 0 Å². The number of carbonyl (C=O) groups is 2. The van der Waals surface area contributed by atoms with Crippen LogP contribution in [0.1, 0.15) is 30.9 Å². The van der Waals surface area contributed by atoms with Crippen molar-refractivity contribution in [2.24, 2.45) is 5.73 Å². The Bertz CT molecular complexity index is 406. The molecule has 0 aliphatic heterocycles. The third-order valence-electron chi connectivity index (χ3n) is 2.74. The number of amides is 1. The summed E-state index contributed by atoms with van der Waals surface area (Å²) in [5.74, 6) is -0.462. The van der Waals surface area contributed by atoms with Crippen LogP contribution in [-0.4, -0.2) is 25.5 Å². The average molecular weight is 264 g/mol. The Labute approximate surface area is 113 Å². The van der Waals surface area contributed by atoms with E-state index in [9.17, 15) is 9.59 Å². The molecule has 104 valence electrons. The van der Waals surface area contributed by atoms with Gasteiger partial charge in [-0.15, -0.1) is 0 Å². The van der Waals surface area contributed by atoms with Gasteiger partial charge < -0.3 is 15.8 Å². The van der Waals surface area contributed by atoms with Crippen molar-refractivity contribution in [1.82, 2.24) is 5.32 Å². The molecule has 3 N–H and O–H groups in total. The fourth-order valence-electron chi connectivity index (χ4n) is 1.72. The molecule has 0 radical (unpaired) electrons. The number of nitrogens with two attached hydrogens (primary N) is 1. The molecule has 0 spiro atoms. The SMILES string of the molecule is COC(=O)CC(NC(=O)CCCN)c1ccccc1. The van der Waals surface area contributed by atoms with Gasteiger partial charge in [0.25, 0.3) is 0 Å². The van der Waals surface area contributed by atoms with Crippen LogP contribution in [0.4, 0.5) is 0 Å². The lowest BCUT2D eigenvalue weighted by Gasteiger charge is -2.18. The number of esters is 1. The van der Waals surface area contributed by atoms with Crippen LogP contribution in [0.2, 0.25) is 0 Å². The van der Waals surface area contributed by atoms with Crippen molar-refractivity contribution in [2.75, 3.05) is 13.7 Å². The van der Waals surface area contributed by atoms with E-state index in [1.165, 1.54) is 7.11 Å². The fourth-order valence-corrected chi connectivity index (χ4v) is 1.72. The summed E-state index contributed by atoms with van der Waals surface area (Å²) >= 11 is 0. The molecule has 19 heavy (non-hydrogen) atoms. The lowest BCUT2D eigenvalue weighted by molar-refractivity contribution is -0.141. The molecule has 0 aromatic heterocycles. The molecule has 5 heteroatoms. The molecule has 1 aromatic carbocycles. The van der Waals surface area contributed by atoms with Crippen LogP contribution in [-0.2, 0) is 14.3 Å². The molecular formula is C14H20N2O3. The number of methoxy groups -OCH3 is 1. The number of hydrogen-bond acceptors (Lipinski definition) is 4. The lowest BCUT2D eigenvalue weighted by Crippen LogP contribution is -2.30. The first-order chi connectivity index (χ1) is 9.17. The summed E-state index contributed by atoms with van der Waals surface area (Å²) < 4.78 is 4.65. The smallest absolute Gasteiger partial charge is 0.307 e. The normalized spacial score (nSPS) is 11.7.